The minimum atomic E-state index is -4.83. The second kappa shape index (κ2) is 7.11. The summed E-state index contributed by atoms with van der Waals surface area (Å²) < 4.78 is 67.3. The Morgan fingerprint density at radius 3 is 2.50 bits per heavy atom. The predicted molar refractivity (Wildman–Crippen MR) is 97.8 cm³/mol. The molecular formula is C19H18F3N3O2S. The molecule has 0 aliphatic carbocycles. The maximum atomic E-state index is 13.2. The normalized spacial score (nSPS) is 14.8. The molecule has 28 heavy (non-hydrogen) atoms. The molecule has 5 nitrogen and oxygen atoms in total. The molecule has 0 unspecified atom stereocenters. The lowest BCUT2D eigenvalue weighted by molar-refractivity contribution is -0.137. The molecule has 0 spiro atoms. The molecule has 1 aliphatic rings. The lowest BCUT2D eigenvalue weighted by atomic mass is 10.1. The average Bonchev–Trinajstić information content (AvgIpc) is 3.06. The molecule has 0 amide bonds. The molecule has 148 valence electrons. The van der Waals surface area contributed by atoms with Gasteiger partial charge < -0.3 is 0 Å². The first-order chi connectivity index (χ1) is 13.0. The number of rotatable bonds is 4. The van der Waals surface area contributed by atoms with E-state index >= 15 is 0 Å². The zero-order valence-electron chi connectivity index (χ0n) is 15.2. The molecule has 9 heteroatoms. The van der Waals surface area contributed by atoms with Crippen LogP contribution in [0.4, 0.5) is 18.9 Å². The molecule has 0 radical (unpaired) electrons. The Morgan fingerprint density at radius 1 is 1.18 bits per heavy atom. The summed E-state index contributed by atoms with van der Waals surface area (Å²) in [6.07, 6.45) is -4.83. The van der Waals surface area contributed by atoms with Crippen LogP contribution in [-0.2, 0) is 29.3 Å². The van der Waals surface area contributed by atoms with Gasteiger partial charge in [-0.1, -0.05) is 12.1 Å². The van der Waals surface area contributed by atoms with Crippen LogP contribution in [0.2, 0.25) is 0 Å². The van der Waals surface area contributed by atoms with E-state index < -0.39 is 32.2 Å². The van der Waals surface area contributed by atoms with Crippen LogP contribution in [0, 0.1) is 11.3 Å². The van der Waals surface area contributed by atoms with Crippen LogP contribution in [0.5, 0.6) is 0 Å². The monoisotopic (exact) mass is 409 g/mol. The van der Waals surface area contributed by atoms with Gasteiger partial charge in [0.25, 0.3) is 10.0 Å². The molecule has 1 heterocycles. The number of sulfonamides is 1. The molecule has 0 fully saturated rings. The summed E-state index contributed by atoms with van der Waals surface area (Å²) in [5.74, 6) is 0. The van der Waals surface area contributed by atoms with Gasteiger partial charge in [0.05, 0.1) is 27.8 Å². The maximum Gasteiger partial charge on any atom is 0.417 e. The van der Waals surface area contributed by atoms with Gasteiger partial charge in [0.2, 0.25) is 0 Å². The molecule has 0 saturated heterocycles. The Hall–Kier alpha value is -2.57. The molecule has 0 aromatic heterocycles. The molecular weight excluding hydrogens is 391 g/mol. The van der Waals surface area contributed by atoms with Gasteiger partial charge >= 0.3 is 6.18 Å². The fraction of sp³-hybridized carbons (Fsp3) is 0.316. The topological polar surface area (TPSA) is 73.2 Å². The van der Waals surface area contributed by atoms with E-state index in [0.29, 0.717) is 24.8 Å². The average molecular weight is 409 g/mol. The number of hydrogen-bond acceptors (Lipinski definition) is 4. The zero-order valence-corrected chi connectivity index (χ0v) is 16.0. The van der Waals surface area contributed by atoms with Crippen molar-refractivity contribution in [2.24, 2.45) is 0 Å². The fourth-order valence-corrected chi connectivity index (χ4v) is 4.25. The highest BCUT2D eigenvalue weighted by Gasteiger charge is 2.35. The van der Waals surface area contributed by atoms with Crippen molar-refractivity contribution in [3.05, 3.63) is 58.7 Å². The van der Waals surface area contributed by atoms with Gasteiger partial charge in [0.15, 0.2) is 0 Å². The van der Waals surface area contributed by atoms with E-state index in [2.05, 4.69) is 9.62 Å². The van der Waals surface area contributed by atoms with Crippen molar-refractivity contribution in [1.29, 1.82) is 5.26 Å². The first-order valence-corrected chi connectivity index (χ1v) is 10.00. The van der Waals surface area contributed by atoms with Gasteiger partial charge in [-0.15, -0.1) is 0 Å². The van der Waals surface area contributed by atoms with E-state index in [1.165, 1.54) is 6.07 Å². The van der Waals surface area contributed by atoms with E-state index in [1.54, 1.807) is 12.1 Å². The highest BCUT2D eigenvalue weighted by atomic mass is 32.2. The van der Waals surface area contributed by atoms with Crippen LogP contribution in [-0.4, -0.2) is 19.4 Å². The highest BCUT2D eigenvalue weighted by Crippen LogP contribution is 2.35. The van der Waals surface area contributed by atoms with Crippen molar-refractivity contribution in [3.63, 3.8) is 0 Å². The Balaban J connectivity index is 1.97. The van der Waals surface area contributed by atoms with Gasteiger partial charge in [-0.3, -0.25) is 9.62 Å². The Morgan fingerprint density at radius 2 is 1.89 bits per heavy atom. The number of alkyl halides is 3. The van der Waals surface area contributed by atoms with Crippen molar-refractivity contribution in [1.82, 2.24) is 4.90 Å². The number of anilines is 1. The summed E-state index contributed by atoms with van der Waals surface area (Å²) in [7, 11) is -4.26. The minimum absolute atomic E-state index is 0.268. The molecule has 0 saturated carbocycles. The largest absolute Gasteiger partial charge is 0.417 e. The molecule has 3 rings (SSSR count). The third-order valence-corrected chi connectivity index (χ3v) is 6.07. The molecule has 1 N–H and O–H groups in total. The first-order valence-electron chi connectivity index (χ1n) is 8.52. The molecule has 2 aromatic rings. The van der Waals surface area contributed by atoms with Crippen LogP contribution in [0.3, 0.4) is 0 Å². The third kappa shape index (κ3) is 3.84. The lowest BCUT2D eigenvalue weighted by Crippen LogP contribution is -2.24. The standard InChI is InChI=1S/C19H18F3N3O2S/c1-12(2)25-10-14-4-3-5-18(16(14)11-25)24-28(26,27)15-7-6-13(9-23)17(8-15)19(20,21)22/h3-8,12,24H,10-11H2,1-2H3. The molecule has 1 aliphatic heterocycles. The second-order valence-corrected chi connectivity index (χ2v) is 8.55. The smallest absolute Gasteiger partial charge is 0.292 e. The van der Waals surface area contributed by atoms with Crippen molar-refractivity contribution < 1.29 is 21.6 Å². The Kier molecular flexibility index (Phi) is 5.12. The molecule has 0 bridgehead atoms. The van der Waals surface area contributed by atoms with Gasteiger partial charge in [0.1, 0.15) is 0 Å². The number of nitriles is 1. The van der Waals surface area contributed by atoms with Crippen LogP contribution in [0.25, 0.3) is 0 Å². The number of nitrogens with zero attached hydrogens (tertiary/aromatic N) is 2. The number of benzene rings is 2. The van der Waals surface area contributed by atoms with E-state index in [-0.39, 0.29) is 6.04 Å². The van der Waals surface area contributed by atoms with Crippen molar-refractivity contribution in [3.8, 4) is 6.07 Å². The SMILES string of the molecule is CC(C)N1Cc2cccc(NS(=O)(=O)c3ccc(C#N)c(C(F)(F)F)c3)c2C1. The summed E-state index contributed by atoms with van der Waals surface area (Å²) in [4.78, 5) is 1.61. The summed E-state index contributed by atoms with van der Waals surface area (Å²) in [5.41, 5.74) is 0.231. The van der Waals surface area contributed by atoms with E-state index in [0.717, 1.165) is 23.3 Å². The Bertz CT molecular complexity index is 1060. The highest BCUT2D eigenvalue weighted by molar-refractivity contribution is 7.92. The van der Waals surface area contributed by atoms with Crippen molar-refractivity contribution in [2.45, 2.75) is 44.1 Å². The minimum Gasteiger partial charge on any atom is -0.292 e. The summed E-state index contributed by atoms with van der Waals surface area (Å²) in [6.45, 7) is 5.29. The maximum absolute atomic E-state index is 13.2. The number of nitrogens with one attached hydrogen (secondary N) is 1. The van der Waals surface area contributed by atoms with Crippen molar-refractivity contribution >= 4 is 15.7 Å². The zero-order chi connectivity index (χ0) is 20.7. The summed E-state index contributed by atoms with van der Waals surface area (Å²) in [5, 5.41) is 8.87. The number of hydrogen-bond donors (Lipinski definition) is 1. The van der Waals surface area contributed by atoms with E-state index in [1.807, 2.05) is 19.9 Å². The van der Waals surface area contributed by atoms with Crippen LogP contribution in [0.15, 0.2) is 41.3 Å². The van der Waals surface area contributed by atoms with Crippen LogP contribution >= 0.6 is 0 Å². The van der Waals surface area contributed by atoms with Gasteiger partial charge in [-0.05, 0) is 49.2 Å². The molecule has 2 aromatic carbocycles. The predicted octanol–water partition coefficient (Wildman–Crippen LogP) is 4.10. The lowest BCUT2D eigenvalue weighted by Gasteiger charge is -2.19. The number of halogens is 3. The second-order valence-electron chi connectivity index (χ2n) is 6.86. The van der Waals surface area contributed by atoms with E-state index in [9.17, 15) is 21.6 Å². The van der Waals surface area contributed by atoms with Crippen LogP contribution in [0.1, 0.15) is 36.1 Å². The van der Waals surface area contributed by atoms with Crippen molar-refractivity contribution in [2.75, 3.05) is 4.72 Å². The van der Waals surface area contributed by atoms with Gasteiger partial charge in [0, 0.05) is 19.1 Å². The number of fused-ring (bicyclic) bond motifs is 1. The quantitative estimate of drug-likeness (QED) is 0.825. The Labute approximate surface area is 161 Å². The van der Waals surface area contributed by atoms with Gasteiger partial charge in [-0.25, -0.2) is 8.42 Å². The summed E-state index contributed by atoms with van der Waals surface area (Å²) >= 11 is 0. The third-order valence-electron chi connectivity index (χ3n) is 4.71. The van der Waals surface area contributed by atoms with Gasteiger partial charge in [-0.2, -0.15) is 18.4 Å². The molecule has 0 atom stereocenters. The summed E-state index contributed by atoms with van der Waals surface area (Å²) in [6, 6.07) is 9.27. The first kappa shape index (κ1) is 20.2. The van der Waals surface area contributed by atoms with E-state index in [4.69, 9.17) is 5.26 Å². The van der Waals surface area contributed by atoms with Crippen LogP contribution < -0.4 is 4.72 Å². The fourth-order valence-electron chi connectivity index (χ4n) is 3.13.